The van der Waals surface area contributed by atoms with Gasteiger partial charge in [-0.3, -0.25) is 9.59 Å². The van der Waals surface area contributed by atoms with Crippen molar-refractivity contribution in [1.29, 1.82) is 0 Å². The first-order chi connectivity index (χ1) is 19.4. The van der Waals surface area contributed by atoms with E-state index in [1.54, 1.807) is 36.5 Å². The maximum atomic E-state index is 12.9. The van der Waals surface area contributed by atoms with Crippen molar-refractivity contribution in [2.24, 2.45) is 0 Å². The molecule has 5 rings (SSSR count). The number of aromatic amines is 1. The molecular formula is C31H35N7O2. The van der Waals surface area contributed by atoms with Crippen LogP contribution in [0.15, 0.2) is 79.1 Å². The number of nitrogens with one attached hydrogen (secondary N) is 4. The average molecular weight is 538 g/mol. The highest BCUT2D eigenvalue weighted by molar-refractivity contribution is 6.00. The van der Waals surface area contributed by atoms with Crippen molar-refractivity contribution in [3.05, 3.63) is 84.7 Å². The van der Waals surface area contributed by atoms with E-state index in [0.29, 0.717) is 23.7 Å². The summed E-state index contributed by atoms with van der Waals surface area (Å²) in [5.41, 5.74) is 4.18. The fraction of sp³-hybridized carbons (Fsp3) is 0.290. The molecule has 2 aromatic heterocycles. The number of H-pyrrole nitrogens is 1. The molecule has 40 heavy (non-hydrogen) atoms. The number of aromatic nitrogens is 3. The Balaban J connectivity index is 1.15. The van der Waals surface area contributed by atoms with E-state index in [4.69, 9.17) is 4.98 Å². The Hall–Kier alpha value is -4.50. The van der Waals surface area contributed by atoms with E-state index in [-0.39, 0.29) is 23.9 Å². The van der Waals surface area contributed by atoms with Crippen LogP contribution in [0.5, 0.6) is 0 Å². The van der Waals surface area contributed by atoms with E-state index in [0.717, 1.165) is 47.8 Å². The number of carbonyl (C=O) groups excluding carboxylic acids is 2. The molecule has 1 aliphatic carbocycles. The maximum Gasteiger partial charge on any atom is 0.251 e. The van der Waals surface area contributed by atoms with Gasteiger partial charge in [-0.05, 0) is 76.2 Å². The van der Waals surface area contributed by atoms with Crippen molar-refractivity contribution in [1.82, 2.24) is 25.2 Å². The SMILES string of the molecule is CN(C)C/C=C/C(=O)Nc1ccc(C(=O)N[C@H]2CCC[C@@H](Nc3nccc(-c4c[nH]c5ccccc45)n3)C2)cc1. The molecular weight excluding hydrogens is 502 g/mol. The number of fused-ring (bicyclic) bond motifs is 1. The summed E-state index contributed by atoms with van der Waals surface area (Å²) in [6.07, 6.45) is 10.8. The smallest absolute Gasteiger partial charge is 0.251 e. The van der Waals surface area contributed by atoms with Gasteiger partial charge in [-0.25, -0.2) is 9.97 Å². The third-order valence-corrected chi connectivity index (χ3v) is 7.02. The molecule has 2 heterocycles. The van der Waals surface area contributed by atoms with Crippen LogP contribution in [0.4, 0.5) is 11.6 Å². The second-order valence-corrected chi connectivity index (χ2v) is 10.4. The Kier molecular flexibility index (Phi) is 8.51. The highest BCUT2D eigenvalue weighted by Gasteiger charge is 2.24. The normalized spacial score (nSPS) is 17.3. The molecule has 4 N–H and O–H groups in total. The Labute approximate surface area is 234 Å². The molecule has 0 radical (unpaired) electrons. The molecule has 9 nitrogen and oxygen atoms in total. The van der Waals surface area contributed by atoms with Crippen LogP contribution in [-0.4, -0.2) is 64.4 Å². The molecule has 1 aliphatic rings. The molecule has 4 aromatic rings. The number of para-hydroxylation sites is 1. The van der Waals surface area contributed by atoms with Crippen LogP contribution in [0.25, 0.3) is 22.2 Å². The van der Waals surface area contributed by atoms with E-state index in [1.807, 2.05) is 49.5 Å². The maximum absolute atomic E-state index is 12.9. The molecule has 9 heteroatoms. The van der Waals surface area contributed by atoms with Gasteiger partial charge < -0.3 is 25.8 Å². The second kappa shape index (κ2) is 12.6. The number of nitrogens with zero attached hydrogens (tertiary/aromatic N) is 3. The zero-order chi connectivity index (χ0) is 27.9. The van der Waals surface area contributed by atoms with Crippen molar-refractivity contribution in [3.8, 4) is 11.3 Å². The summed E-state index contributed by atoms with van der Waals surface area (Å²) in [6, 6.07) is 17.3. The van der Waals surface area contributed by atoms with E-state index in [9.17, 15) is 9.59 Å². The number of rotatable bonds is 9. The zero-order valence-corrected chi connectivity index (χ0v) is 22.9. The zero-order valence-electron chi connectivity index (χ0n) is 22.9. The highest BCUT2D eigenvalue weighted by atomic mass is 16.2. The molecule has 0 aliphatic heterocycles. The van der Waals surface area contributed by atoms with Gasteiger partial charge in [-0.1, -0.05) is 24.3 Å². The van der Waals surface area contributed by atoms with Gasteiger partial charge in [0.1, 0.15) is 0 Å². The molecule has 0 bridgehead atoms. The number of anilines is 2. The first kappa shape index (κ1) is 27.1. The number of benzene rings is 2. The average Bonchev–Trinajstić information content (AvgIpc) is 3.38. The van der Waals surface area contributed by atoms with Crippen LogP contribution < -0.4 is 16.0 Å². The third kappa shape index (κ3) is 6.92. The summed E-state index contributed by atoms with van der Waals surface area (Å²) < 4.78 is 0. The molecule has 1 fully saturated rings. The molecule has 0 saturated heterocycles. The summed E-state index contributed by atoms with van der Waals surface area (Å²) in [7, 11) is 3.88. The first-order valence-corrected chi connectivity index (χ1v) is 13.6. The Morgan fingerprint density at radius 3 is 2.67 bits per heavy atom. The third-order valence-electron chi connectivity index (χ3n) is 7.02. The van der Waals surface area contributed by atoms with Gasteiger partial charge in [-0.2, -0.15) is 0 Å². The lowest BCUT2D eigenvalue weighted by Crippen LogP contribution is -2.42. The number of amides is 2. The topological polar surface area (TPSA) is 115 Å². The minimum Gasteiger partial charge on any atom is -0.360 e. The minimum atomic E-state index is -0.198. The fourth-order valence-corrected chi connectivity index (χ4v) is 5.02. The summed E-state index contributed by atoms with van der Waals surface area (Å²) in [6.45, 7) is 0.689. The largest absolute Gasteiger partial charge is 0.360 e. The lowest BCUT2D eigenvalue weighted by molar-refractivity contribution is -0.111. The van der Waals surface area contributed by atoms with E-state index >= 15 is 0 Å². The monoisotopic (exact) mass is 537 g/mol. The summed E-state index contributed by atoms with van der Waals surface area (Å²) >= 11 is 0. The van der Waals surface area contributed by atoms with Gasteiger partial charge in [-0.15, -0.1) is 0 Å². The van der Waals surface area contributed by atoms with Crippen LogP contribution in [0.2, 0.25) is 0 Å². The number of carbonyl (C=O) groups is 2. The summed E-state index contributed by atoms with van der Waals surface area (Å²) in [5, 5.41) is 10.6. The first-order valence-electron chi connectivity index (χ1n) is 13.6. The van der Waals surface area contributed by atoms with Gasteiger partial charge in [0.05, 0.1) is 5.69 Å². The van der Waals surface area contributed by atoms with Crippen molar-refractivity contribution < 1.29 is 9.59 Å². The van der Waals surface area contributed by atoms with Crippen LogP contribution >= 0.6 is 0 Å². The van der Waals surface area contributed by atoms with Crippen molar-refractivity contribution in [2.45, 2.75) is 37.8 Å². The Bertz CT molecular complexity index is 1490. The predicted molar refractivity (Wildman–Crippen MR) is 159 cm³/mol. The number of likely N-dealkylation sites (N-methyl/N-ethyl adjacent to an activating group) is 1. The highest BCUT2D eigenvalue weighted by Crippen LogP contribution is 2.28. The Morgan fingerprint density at radius 2 is 1.85 bits per heavy atom. The molecule has 206 valence electrons. The van der Waals surface area contributed by atoms with E-state index in [1.165, 1.54) is 6.08 Å². The lowest BCUT2D eigenvalue weighted by Gasteiger charge is -2.30. The second-order valence-electron chi connectivity index (χ2n) is 10.4. The molecule has 1 saturated carbocycles. The molecule has 0 spiro atoms. The lowest BCUT2D eigenvalue weighted by atomic mass is 9.91. The van der Waals surface area contributed by atoms with Crippen LogP contribution in [-0.2, 0) is 4.79 Å². The number of hydrogen-bond acceptors (Lipinski definition) is 6. The standard InChI is InChI=1S/C31H35N7O2/c1-38(2)18-6-11-29(39)34-22-14-12-21(13-15-22)30(40)35-23-7-5-8-24(19-23)36-31-32-17-16-28(37-31)26-20-33-27-10-4-3-9-25(26)27/h3-4,6,9-17,20,23-24,33H,5,7-8,18-19H2,1-2H3,(H,34,39)(H,35,40)(H,32,36,37)/b11-6+/t23-,24+/m0/s1. The van der Waals surface area contributed by atoms with Crippen molar-refractivity contribution in [3.63, 3.8) is 0 Å². The van der Waals surface area contributed by atoms with Crippen molar-refractivity contribution in [2.75, 3.05) is 31.3 Å². The van der Waals surface area contributed by atoms with Gasteiger partial charge in [0.2, 0.25) is 11.9 Å². The fourth-order valence-electron chi connectivity index (χ4n) is 5.02. The van der Waals surface area contributed by atoms with Gasteiger partial charge in [0.25, 0.3) is 5.91 Å². The van der Waals surface area contributed by atoms with Crippen molar-refractivity contribution >= 4 is 34.4 Å². The van der Waals surface area contributed by atoms with Crippen LogP contribution in [0, 0.1) is 0 Å². The predicted octanol–water partition coefficient (Wildman–Crippen LogP) is 4.83. The van der Waals surface area contributed by atoms with Crippen LogP contribution in [0.1, 0.15) is 36.0 Å². The van der Waals surface area contributed by atoms with Gasteiger partial charge in [0, 0.05) is 64.8 Å². The number of hydrogen-bond donors (Lipinski definition) is 4. The quantitative estimate of drug-likeness (QED) is 0.227. The molecule has 2 amide bonds. The summed E-state index contributed by atoms with van der Waals surface area (Å²) in [5.74, 6) is 0.275. The van der Waals surface area contributed by atoms with E-state index < -0.39 is 0 Å². The van der Waals surface area contributed by atoms with Gasteiger partial charge in [0.15, 0.2) is 0 Å². The molecule has 2 atom stereocenters. The molecule has 2 aromatic carbocycles. The summed E-state index contributed by atoms with van der Waals surface area (Å²) in [4.78, 5) is 39.5. The minimum absolute atomic E-state index is 0.0526. The van der Waals surface area contributed by atoms with Crippen LogP contribution in [0.3, 0.4) is 0 Å². The molecule has 0 unspecified atom stereocenters. The van der Waals surface area contributed by atoms with Gasteiger partial charge >= 0.3 is 0 Å². The van der Waals surface area contributed by atoms with E-state index in [2.05, 4.69) is 32.0 Å². The Morgan fingerprint density at radius 1 is 1.05 bits per heavy atom.